The normalized spacial score (nSPS) is 25.8. The Morgan fingerprint density at radius 3 is 2.86 bits per heavy atom. The van der Waals surface area contributed by atoms with Gasteiger partial charge in [-0.25, -0.2) is 0 Å². The molecule has 160 valence electrons. The summed E-state index contributed by atoms with van der Waals surface area (Å²) in [6, 6.07) is 1.93. The Morgan fingerprint density at radius 2 is 2.17 bits per heavy atom. The van der Waals surface area contributed by atoms with Crippen molar-refractivity contribution in [2.45, 2.75) is 50.9 Å². The summed E-state index contributed by atoms with van der Waals surface area (Å²) >= 11 is 5.12. The first-order chi connectivity index (χ1) is 14.0. The van der Waals surface area contributed by atoms with Gasteiger partial charge in [-0.3, -0.25) is 14.5 Å². The van der Waals surface area contributed by atoms with E-state index in [2.05, 4.69) is 33.0 Å². The van der Waals surface area contributed by atoms with Crippen LogP contribution in [0.4, 0.5) is 0 Å². The van der Waals surface area contributed by atoms with Crippen LogP contribution in [0.2, 0.25) is 0 Å². The van der Waals surface area contributed by atoms with Gasteiger partial charge in [-0.15, -0.1) is 11.3 Å². The number of carbonyl (C=O) groups excluding carboxylic acids is 1. The number of carboxylic acids is 1. The Bertz CT molecular complexity index is 716. The fraction of sp³-hybridized carbons (Fsp3) is 0.619. The van der Waals surface area contributed by atoms with E-state index in [1.54, 1.807) is 11.3 Å². The van der Waals surface area contributed by atoms with Crippen LogP contribution < -0.4 is 0 Å². The molecule has 29 heavy (non-hydrogen) atoms. The van der Waals surface area contributed by atoms with Crippen LogP contribution in [0.15, 0.2) is 28.1 Å². The lowest BCUT2D eigenvalue weighted by Crippen LogP contribution is -2.49. The van der Waals surface area contributed by atoms with E-state index >= 15 is 0 Å². The van der Waals surface area contributed by atoms with Gasteiger partial charge in [-0.1, -0.05) is 12.2 Å². The Labute approximate surface area is 184 Å². The first-order valence-electron chi connectivity index (χ1n) is 10.1. The lowest BCUT2D eigenvalue weighted by Gasteiger charge is -2.35. The quantitative estimate of drug-likeness (QED) is 0.400. The first-order valence-corrected chi connectivity index (χ1v) is 11.8. The second-order valence-electron chi connectivity index (χ2n) is 7.50. The number of thiophene rings is 1. The number of nitrogens with zero attached hydrogens (tertiary/aromatic N) is 1. The average molecular weight is 486 g/mol. The lowest BCUT2D eigenvalue weighted by molar-refractivity contribution is -0.137. The summed E-state index contributed by atoms with van der Waals surface area (Å²) in [5.41, 5.74) is 0. The maximum Gasteiger partial charge on any atom is 0.303 e. The van der Waals surface area contributed by atoms with Crippen molar-refractivity contribution in [1.82, 2.24) is 4.90 Å². The van der Waals surface area contributed by atoms with Crippen LogP contribution in [0.25, 0.3) is 0 Å². The molecule has 0 unspecified atom stereocenters. The predicted molar refractivity (Wildman–Crippen MR) is 115 cm³/mol. The summed E-state index contributed by atoms with van der Waals surface area (Å²) in [5, 5.41) is 10.8. The minimum absolute atomic E-state index is 0.0973. The highest BCUT2D eigenvalue weighted by Gasteiger charge is 2.45. The Balaban J connectivity index is 1.62. The van der Waals surface area contributed by atoms with Gasteiger partial charge in [0.15, 0.2) is 5.78 Å². The minimum Gasteiger partial charge on any atom is -0.481 e. The number of allylic oxidation sites excluding steroid dienone is 2. The molecule has 1 aliphatic heterocycles. The molecule has 1 aliphatic carbocycles. The van der Waals surface area contributed by atoms with E-state index in [0.717, 1.165) is 35.3 Å². The molecule has 2 fully saturated rings. The van der Waals surface area contributed by atoms with Crippen LogP contribution in [0, 0.1) is 5.92 Å². The first kappa shape index (κ1) is 22.6. The number of ether oxygens (including phenoxy) is 2. The van der Waals surface area contributed by atoms with Gasteiger partial charge in [0.2, 0.25) is 0 Å². The lowest BCUT2D eigenvalue weighted by atomic mass is 9.95. The van der Waals surface area contributed by atoms with E-state index in [4.69, 9.17) is 14.6 Å². The number of morpholine rings is 1. The maximum atomic E-state index is 12.9. The van der Waals surface area contributed by atoms with Crippen LogP contribution in [0.3, 0.4) is 0 Å². The van der Waals surface area contributed by atoms with Gasteiger partial charge in [0.05, 0.1) is 32.0 Å². The summed E-state index contributed by atoms with van der Waals surface area (Å²) < 4.78 is 12.7. The molecule has 6 nitrogen and oxygen atoms in total. The summed E-state index contributed by atoms with van der Waals surface area (Å²) in [6.07, 6.45) is 6.81. The topological polar surface area (TPSA) is 76.1 Å². The SMILES string of the molecule is O=C(O)CCCC=CC[C@H]1[C@@H](OCc2cc(Br)cs2)CC(=O)[C@@H]1N1CCOCC1. The van der Waals surface area contributed by atoms with Gasteiger partial charge >= 0.3 is 5.97 Å². The molecule has 1 saturated heterocycles. The third kappa shape index (κ3) is 6.72. The van der Waals surface area contributed by atoms with E-state index in [-0.39, 0.29) is 30.3 Å². The van der Waals surface area contributed by atoms with Crippen molar-refractivity contribution >= 4 is 39.0 Å². The molecular weight excluding hydrogens is 458 g/mol. The molecule has 1 aromatic rings. The van der Waals surface area contributed by atoms with Crippen LogP contribution in [0.1, 0.15) is 37.0 Å². The molecule has 3 rings (SSSR count). The molecule has 2 heterocycles. The van der Waals surface area contributed by atoms with Gasteiger partial charge in [0.1, 0.15) is 0 Å². The van der Waals surface area contributed by atoms with Gasteiger partial charge < -0.3 is 14.6 Å². The smallest absolute Gasteiger partial charge is 0.303 e. The summed E-state index contributed by atoms with van der Waals surface area (Å²) in [5.74, 6) is -0.394. The van der Waals surface area contributed by atoms with E-state index < -0.39 is 5.97 Å². The van der Waals surface area contributed by atoms with Gasteiger partial charge in [-0.2, -0.15) is 0 Å². The highest BCUT2D eigenvalue weighted by atomic mass is 79.9. The molecule has 0 spiro atoms. The molecular formula is C21H28BrNO5S. The number of carbonyl (C=O) groups is 2. The maximum absolute atomic E-state index is 12.9. The molecule has 0 amide bonds. The number of rotatable bonds is 10. The molecule has 2 aliphatic rings. The number of halogens is 1. The molecule has 0 radical (unpaired) electrons. The van der Waals surface area contributed by atoms with Crippen molar-refractivity contribution in [3.63, 3.8) is 0 Å². The summed E-state index contributed by atoms with van der Waals surface area (Å²) in [4.78, 5) is 26.9. The number of aliphatic carboxylic acids is 1. The third-order valence-electron chi connectivity index (χ3n) is 5.45. The van der Waals surface area contributed by atoms with Crippen LogP contribution in [-0.4, -0.2) is 60.2 Å². The van der Waals surface area contributed by atoms with Crippen LogP contribution in [0.5, 0.6) is 0 Å². The third-order valence-corrected chi connectivity index (χ3v) is 7.12. The van der Waals surface area contributed by atoms with E-state index in [9.17, 15) is 9.59 Å². The Kier molecular flexibility index (Phi) is 8.86. The van der Waals surface area contributed by atoms with Gasteiger partial charge in [0, 0.05) is 46.6 Å². The van der Waals surface area contributed by atoms with E-state index in [1.165, 1.54) is 0 Å². The Hall–Kier alpha value is -1.06. The zero-order chi connectivity index (χ0) is 20.6. The zero-order valence-electron chi connectivity index (χ0n) is 16.4. The number of ketones is 1. The summed E-state index contributed by atoms with van der Waals surface area (Å²) in [6.45, 7) is 3.40. The van der Waals surface area contributed by atoms with Crippen molar-refractivity contribution in [3.05, 3.63) is 32.9 Å². The fourth-order valence-electron chi connectivity index (χ4n) is 4.07. The van der Waals surface area contributed by atoms with E-state index in [1.807, 2.05) is 11.5 Å². The van der Waals surface area contributed by atoms with Gasteiger partial charge in [-0.05, 0) is 41.3 Å². The van der Waals surface area contributed by atoms with Crippen molar-refractivity contribution in [2.75, 3.05) is 26.3 Å². The van der Waals surface area contributed by atoms with Crippen molar-refractivity contribution in [2.24, 2.45) is 5.92 Å². The predicted octanol–water partition coefficient (Wildman–Crippen LogP) is 3.89. The number of carboxylic acid groups (broad SMARTS) is 1. The van der Waals surface area contributed by atoms with Crippen molar-refractivity contribution < 1.29 is 24.2 Å². The molecule has 1 N–H and O–H groups in total. The standard InChI is InChI=1S/C21H28BrNO5S/c22-15-11-16(29-14-15)13-28-19-12-18(24)21(23-7-9-27-10-8-23)17(19)5-3-1-2-4-6-20(25)26/h1,3,11,14,17,19,21H,2,4-10,12-13H2,(H,25,26)/t17-,19-,21+/m0/s1. The Morgan fingerprint density at radius 1 is 1.38 bits per heavy atom. The van der Waals surface area contributed by atoms with Crippen LogP contribution in [-0.2, 0) is 25.7 Å². The molecule has 1 saturated carbocycles. The fourth-order valence-corrected chi connectivity index (χ4v) is 5.44. The zero-order valence-corrected chi connectivity index (χ0v) is 18.8. The second kappa shape index (κ2) is 11.4. The monoisotopic (exact) mass is 485 g/mol. The highest BCUT2D eigenvalue weighted by molar-refractivity contribution is 9.10. The van der Waals surface area contributed by atoms with Gasteiger partial charge in [0.25, 0.3) is 0 Å². The molecule has 1 aromatic heterocycles. The number of hydrogen-bond donors (Lipinski definition) is 1. The average Bonchev–Trinajstić information content (AvgIpc) is 3.25. The molecule has 0 bridgehead atoms. The molecule has 0 aromatic carbocycles. The van der Waals surface area contributed by atoms with Crippen molar-refractivity contribution in [1.29, 1.82) is 0 Å². The van der Waals surface area contributed by atoms with Crippen LogP contribution >= 0.6 is 27.3 Å². The van der Waals surface area contributed by atoms with Crippen molar-refractivity contribution in [3.8, 4) is 0 Å². The number of Topliss-reactive ketones (excluding diaryl/α,β-unsaturated/α-hetero) is 1. The molecule has 8 heteroatoms. The highest BCUT2D eigenvalue weighted by Crippen LogP contribution is 2.34. The van der Waals surface area contributed by atoms with E-state index in [0.29, 0.717) is 32.7 Å². The minimum atomic E-state index is -0.763. The number of unbranched alkanes of at least 4 members (excludes halogenated alkanes) is 1. The summed E-state index contributed by atoms with van der Waals surface area (Å²) in [7, 11) is 0. The largest absolute Gasteiger partial charge is 0.481 e. The number of hydrogen-bond acceptors (Lipinski definition) is 6. The second-order valence-corrected chi connectivity index (χ2v) is 9.41. The molecule has 3 atom stereocenters.